The number of aliphatic hydroxyl groups is 1. The Morgan fingerprint density at radius 3 is 2.66 bits per heavy atom. The summed E-state index contributed by atoms with van der Waals surface area (Å²) in [6.45, 7) is 5.79. The predicted molar refractivity (Wildman–Crippen MR) is 110 cm³/mol. The van der Waals surface area contributed by atoms with Crippen LogP contribution in [0.5, 0.6) is 0 Å². The molecular weight excluding hydrogens is 370 g/mol. The van der Waals surface area contributed by atoms with E-state index in [4.69, 9.17) is 14.9 Å². The first-order chi connectivity index (χ1) is 13.7. The third-order valence-corrected chi connectivity index (χ3v) is 4.27. The van der Waals surface area contributed by atoms with Crippen molar-refractivity contribution in [3.05, 3.63) is 65.5 Å². The number of benzene rings is 2. The number of hydrogen-bond acceptors (Lipinski definition) is 6. The third kappa shape index (κ3) is 5.79. The van der Waals surface area contributed by atoms with Crippen LogP contribution >= 0.6 is 0 Å². The topological polar surface area (TPSA) is 111 Å². The minimum absolute atomic E-state index is 0.210. The average Bonchev–Trinajstić information content (AvgIpc) is 3.09. The standard InChI is InChI=1S/C22H27N3O4/c1-22(2,3)29-21(27)24-13-15-8-6-7-14(11-15)12-16(23)19(26)20-25-17-9-4-5-10-18(17)28-20/h4-11,16,19,26H,12-13,23H2,1-3H3,(H,24,27)/t16-,19?/m0/s1. The summed E-state index contributed by atoms with van der Waals surface area (Å²) in [6, 6.07) is 14.4. The van der Waals surface area contributed by atoms with Crippen LogP contribution in [-0.4, -0.2) is 27.8 Å². The summed E-state index contributed by atoms with van der Waals surface area (Å²) in [5, 5.41) is 13.3. The van der Waals surface area contributed by atoms with Gasteiger partial charge in [-0.15, -0.1) is 0 Å². The molecule has 0 aliphatic carbocycles. The number of nitrogens with two attached hydrogens (primary N) is 1. The maximum absolute atomic E-state index is 11.8. The molecule has 7 nitrogen and oxygen atoms in total. The number of nitrogens with zero attached hydrogens (tertiary/aromatic N) is 1. The number of nitrogens with one attached hydrogen (secondary N) is 1. The first-order valence-corrected chi connectivity index (χ1v) is 9.55. The molecule has 1 heterocycles. The Kier molecular flexibility index (Phi) is 6.20. The van der Waals surface area contributed by atoms with Gasteiger partial charge in [-0.3, -0.25) is 0 Å². The van der Waals surface area contributed by atoms with Crippen LogP contribution in [0.3, 0.4) is 0 Å². The number of ether oxygens (including phenoxy) is 1. The Balaban J connectivity index is 1.60. The Labute approximate surface area is 169 Å². The van der Waals surface area contributed by atoms with E-state index in [1.807, 2.05) is 63.2 Å². The van der Waals surface area contributed by atoms with Crippen LogP contribution in [0, 0.1) is 0 Å². The fraction of sp³-hybridized carbons (Fsp3) is 0.364. The number of oxazole rings is 1. The molecule has 0 saturated heterocycles. The van der Waals surface area contributed by atoms with Crippen LogP contribution in [0.15, 0.2) is 52.9 Å². The maximum Gasteiger partial charge on any atom is 0.407 e. The number of amides is 1. The van der Waals surface area contributed by atoms with Crippen molar-refractivity contribution < 1.29 is 19.1 Å². The number of fused-ring (bicyclic) bond motifs is 1. The van der Waals surface area contributed by atoms with Crippen molar-refractivity contribution in [3.63, 3.8) is 0 Å². The van der Waals surface area contributed by atoms with Gasteiger partial charge in [-0.05, 0) is 50.5 Å². The lowest BCUT2D eigenvalue weighted by atomic mass is 10.0. The highest BCUT2D eigenvalue weighted by Gasteiger charge is 2.23. The summed E-state index contributed by atoms with van der Waals surface area (Å²) in [4.78, 5) is 16.1. The van der Waals surface area contributed by atoms with E-state index in [9.17, 15) is 9.90 Å². The first kappa shape index (κ1) is 20.8. The normalized spacial score (nSPS) is 13.8. The van der Waals surface area contributed by atoms with E-state index < -0.39 is 23.8 Å². The Morgan fingerprint density at radius 1 is 1.21 bits per heavy atom. The van der Waals surface area contributed by atoms with E-state index in [1.54, 1.807) is 6.07 Å². The van der Waals surface area contributed by atoms with Crippen molar-refractivity contribution in [2.24, 2.45) is 5.73 Å². The summed E-state index contributed by atoms with van der Waals surface area (Å²) < 4.78 is 10.9. The molecule has 1 unspecified atom stereocenters. The van der Waals surface area contributed by atoms with Crippen molar-refractivity contribution in [2.45, 2.75) is 51.5 Å². The summed E-state index contributed by atoms with van der Waals surface area (Å²) in [5.74, 6) is 0.210. The monoisotopic (exact) mass is 397 g/mol. The summed E-state index contributed by atoms with van der Waals surface area (Å²) in [5.41, 5.74) is 8.82. The predicted octanol–water partition coefficient (Wildman–Crippen LogP) is 3.46. The molecule has 154 valence electrons. The van der Waals surface area contributed by atoms with Crippen molar-refractivity contribution in [2.75, 3.05) is 0 Å². The largest absolute Gasteiger partial charge is 0.444 e. The van der Waals surface area contributed by atoms with Gasteiger partial charge in [0.1, 0.15) is 17.2 Å². The van der Waals surface area contributed by atoms with E-state index in [0.29, 0.717) is 24.1 Å². The molecule has 0 saturated carbocycles. The van der Waals surface area contributed by atoms with Crippen molar-refractivity contribution in [1.82, 2.24) is 10.3 Å². The van der Waals surface area contributed by atoms with E-state index in [-0.39, 0.29) is 5.89 Å². The van der Waals surface area contributed by atoms with Crippen LogP contribution in [0.1, 0.15) is 43.9 Å². The summed E-state index contributed by atoms with van der Waals surface area (Å²) >= 11 is 0. The highest BCUT2D eigenvalue weighted by atomic mass is 16.6. The number of para-hydroxylation sites is 2. The molecule has 2 atom stereocenters. The van der Waals surface area contributed by atoms with Gasteiger partial charge in [-0.1, -0.05) is 36.4 Å². The molecule has 2 aromatic carbocycles. The molecule has 3 rings (SSSR count). The molecular formula is C22H27N3O4. The molecule has 0 fully saturated rings. The van der Waals surface area contributed by atoms with Crippen LogP contribution in [0.25, 0.3) is 11.1 Å². The van der Waals surface area contributed by atoms with E-state index in [0.717, 1.165) is 11.1 Å². The molecule has 1 aromatic heterocycles. The zero-order valence-corrected chi connectivity index (χ0v) is 16.9. The molecule has 1 amide bonds. The molecule has 0 spiro atoms. The van der Waals surface area contributed by atoms with E-state index in [1.165, 1.54) is 0 Å². The molecule has 3 aromatic rings. The van der Waals surface area contributed by atoms with Gasteiger partial charge >= 0.3 is 6.09 Å². The number of rotatable bonds is 6. The van der Waals surface area contributed by atoms with Crippen LogP contribution < -0.4 is 11.1 Å². The number of carbonyl (C=O) groups is 1. The third-order valence-electron chi connectivity index (χ3n) is 4.27. The minimum Gasteiger partial charge on any atom is -0.444 e. The number of alkyl carbamates (subject to hydrolysis) is 1. The maximum atomic E-state index is 11.8. The second-order valence-corrected chi connectivity index (χ2v) is 8.01. The molecule has 0 bridgehead atoms. The molecule has 29 heavy (non-hydrogen) atoms. The van der Waals surface area contributed by atoms with Crippen LogP contribution in [0.4, 0.5) is 4.79 Å². The lowest BCUT2D eigenvalue weighted by Gasteiger charge is -2.20. The van der Waals surface area contributed by atoms with Crippen LogP contribution in [-0.2, 0) is 17.7 Å². The molecule has 7 heteroatoms. The van der Waals surface area contributed by atoms with Crippen molar-refractivity contribution >= 4 is 17.2 Å². The van der Waals surface area contributed by atoms with E-state index in [2.05, 4.69) is 10.3 Å². The molecule has 4 N–H and O–H groups in total. The van der Waals surface area contributed by atoms with Gasteiger partial charge < -0.3 is 25.3 Å². The summed E-state index contributed by atoms with van der Waals surface area (Å²) in [6.07, 6.45) is -1.06. The fourth-order valence-electron chi connectivity index (χ4n) is 2.94. The minimum atomic E-state index is -1.02. The van der Waals surface area contributed by atoms with Gasteiger partial charge in [0.2, 0.25) is 5.89 Å². The van der Waals surface area contributed by atoms with Gasteiger partial charge in [0.15, 0.2) is 5.58 Å². The SMILES string of the molecule is CC(C)(C)OC(=O)NCc1cccc(C[C@H](N)C(O)c2nc3ccccc3o2)c1. The Bertz CT molecular complexity index is 944. The van der Waals surface area contributed by atoms with E-state index >= 15 is 0 Å². The second kappa shape index (κ2) is 8.63. The summed E-state index contributed by atoms with van der Waals surface area (Å²) in [7, 11) is 0. The zero-order valence-electron chi connectivity index (χ0n) is 16.9. The van der Waals surface area contributed by atoms with Crippen molar-refractivity contribution in [1.29, 1.82) is 0 Å². The fourth-order valence-corrected chi connectivity index (χ4v) is 2.94. The van der Waals surface area contributed by atoms with Gasteiger partial charge in [0.25, 0.3) is 0 Å². The lowest BCUT2D eigenvalue weighted by molar-refractivity contribution is 0.0523. The number of aromatic nitrogens is 1. The van der Waals surface area contributed by atoms with Gasteiger partial charge in [0.05, 0.1) is 0 Å². The Hall–Kier alpha value is -2.90. The molecule has 0 aliphatic rings. The van der Waals surface area contributed by atoms with Crippen LogP contribution in [0.2, 0.25) is 0 Å². The highest BCUT2D eigenvalue weighted by molar-refractivity contribution is 5.72. The zero-order chi connectivity index (χ0) is 21.0. The quantitative estimate of drug-likeness (QED) is 0.587. The average molecular weight is 397 g/mol. The molecule has 0 aliphatic heterocycles. The van der Waals surface area contributed by atoms with Gasteiger partial charge in [-0.2, -0.15) is 0 Å². The van der Waals surface area contributed by atoms with Gasteiger partial charge in [-0.25, -0.2) is 9.78 Å². The molecule has 0 radical (unpaired) electrons. The Morgan fingerprint density at radius 2 is 1.93 bits per heavy atom. The number of hydrogen-bond donors (Lipinski definition) is 3. The van der Waals surface area contributed by atoms with Crippen molar-refractivity contribution in [3.8, 4) is 0 Å². The highest BCUT2D eigenvalue weighted by Crippen LogP contribution is 2.23. The van der Waals surface area contributed by atoms with Gasteiger partial charge in [0, 0.05) is 12.6 Å². The number of carbonyl (C=O) groups excluding carboxylic acids is 1. The number of aliphatic hydroxyl groups excluding tert-OH is 1. The first-order valence-electron chi connectivity index (χ1n) is 9.55. The lowest BCUT2D eigenvalue weighted by Crippen LogP contribution is -2.32. The second-order valence-electron chi connectivity index (χ2n) is 8.01. The smallest absolute Gasteiger partial charge is 0.407 e.